The number of carboxylic acids is 1. The van der Waals surface area contributed by atoms with Crippen LogP contribution in [-0.2, 0) is 14.6 Å². The van der Waals surface area contributed by atoms with E-state index in [2.05, 4.69) is 67.9 Å². The average Bonchev–Trinajstić information content (AvgIpc) is 3.76. The van der Waals surface area contributed by atoms with Gasteiger partial charge in [-0.05, 0) is 172 Å². The van der Waals surface area contributed by atoms with Crippen LogP contribution in [-0.4, -0.2) is 78.6 Å². The number of aliphatic carboxylic acids is 1. The molecule has 2 heterocycles. The largest absolute Gasteiger partial charge is 0.481 e. The summed E-state index contributed by atoms with van der Waals surface area (Å²) in [7, 11) is -2.87. The summed E-state index contributed by atoms with van der Waals surface area (Å²) in [5.74, 6) is 4.45. The molecule has 2 N–H and O–H groups in total. The molecular formula is C47H71N3O5S2. The maximum absolute atomic E-state index is 12.7. The monoisotopic (exact) mass is 821 g/mol. The van der Waals surface area contributed by atoms with Crippen molar-refractivity contribution < 1.29 is 23.1 Å². The number of carboxylic acid groups (broad SMARTS) is 1. The first kappa shape index (κ1) is 41.7. The van der Waals surface area contributed by atoms with Gasteiger partial charge in [0.25, 0.3) is 0 Å². The molecule has 57 heavy (non-hydrogen) atoms. The van der Waals surface area contributed by atoms with Crippen LogP contribution in [0.25, 0.3) is 0 Å². The van der Waals surface area contributed by atoms with Crippen LogP contribution in [0.15, 0.2) is 41.5 Å². The summed E-state index contributed by atoms with van der Waals surface area (Å²) in [6.07, 6.45) is 18.8. The number of allylic oxidation sites excluding steroid dienone is 5. The van der Waals surface area contributed by atoms with Gasteiger partial charge in [0.15, 0.2) is 9.84 Å². The molecule has 10 heteroatoms. The Labute approximate surface area is 347 Å². The highest BCUT2D eigenvalue weighted by Gasteiger charge is 2.66. The highest BCUT2D eigenvalue weighted by atomic mass is 32.2. The molecule has 1 saturated heterocycles. The van der Waals surface area contributed by atoms with Crippen LogP contribution in [0.5, 0.6) is 5.88 Å². The van der Waals surface area contributed by atoms with Gasteiger partial charge >= 0.3 is 5.97 Å². The fraction of sp³-hybridized carbons (Fsp3) is 0.787. The first-order valence-corrected chi connectivity index (χ1v) is 25.1. The molecule has 0 radical (unpaired) electrons. The standard InChI is InChI=1S/C47H71N3O5S2/c1-31(2)34-14-19-47(48-23-24-50-25-28-57(53,54)29-26-50)21-20-44(6)36-10-11-39-43(4,5)35(15-16-45(39,7)37(36)8-9-38(44)41(34)47)33-12-17-46(18-13-33,42(51)52)22-27-55-40-30-32(3)56-49-40/h12,15,30,34,36-39,41,48H,1,8-11,13-14,16-29H2,2-7H3,(H,51,52)/t34-,36?,37-,38+,39-,41+,44-,45+,46?,47-/m0/s1. The number of ether oxygens (including phenoxy) is 1. The first-order valence-electron chi connectivity index (χ1n) is 22.5. The molecule has 316 valence electrons. The van der Waals surface area contributed by atoms with Crippen LogP contribution in [0.3, 0.4) is 0 Å². The topological polar surface area (TPSA) is 109 Å². The van der Waals surface area contributed by atoms with E-state index in [0.29, 0.717) is 85.4 Å². The molecule has 5 fully saturated rings. The zero-order valence-corrected chi connectivity index (χ0v) is 37.5. The highest BCUT2D eigenvalue weighted by Crippen LogP contribution is 2.72. The number of rotatable bonds is 11. The Hall–Kier alpha value is -2.01. The summed E-state index contributed by atoms with van der Waals surface area (Å²) >= 11 is 1.41. The van der Waals surface area contributed by atoms with Gasteiger partial charge in [-0.15, -0.1) is 0 Å². The van der Waals surface area contributed by atoms with Gasteiger partial charge < -0.3 is 20.1 Å². The molecule has 8 rings (SSSR count). The highest BCUT2D eigenvalue weighted by molar-refractivity contribution is 7.91. The Bertz CT molecular complexity index is 1890. The molecule has 0 spiro atoms. The predicted molar refractivity (Wildman–Crippen MR) is 230 cm³/mol. The molecular weight excluding hydrogens is 751 g/mol. The van der Waals surface area contributed by atoms with Crippen LogP contribution in [0.1, 0.15) is 123 Å². The van der Waals surface area contributed by atoms with E-state index in [0.717, 1.165) is 42.6 Å². The minimum absolute atomic E-state index is 0.0387. The summed E-state index contributed by atoms with van der Waals surface area (Å²) in [4.78, 5) is 16.2. The zero-order valence-electron chi connectivity index (χ0n) is 35.8. The second-order valence-electron chi connectivity index (χ2n) is 21.1. The molecule has 1 aliphatic heterocycles. The van der Waals surface area contributed by atoms with Gasteiger partial charge in [0.1, 0.15) is 0 Å². The van der Waals surface area contributed by atoms with E-state index in [9.17, 15) is 18.3 Å². The van der Waals surface area contributed by atoms with Crippen molar-refractivity contribution in [3.8, 4) is 5.88 Å². The summed E-state index contributed by atoms with van der Waals surface area (Å²) in [6, 6.07) is 1.92. The Morgan fingerprint density at radius 1 is 0.982 bits per heavy atom. The molecule has 0 aromatic carbocycles. The molecule has 0 bridgehead atoms. The third-order valence-corrected chi connectivity index (χ3v) is 20.3. The Balaban J connectivity index is 0.973. The number of aryl methyl sites for hydroxylation is 1. The van der Waals surface area contributed by atoms with Crippen LogP contribution in [0.2, 0.25) is 0 Å². The maximum Gasteiger partial charge on any atom is 0.310 e. The summed E-state index contributed by atoms with van der Waals surface area (Å²) in [5, 5.41) is 14.7. The molecule has 10 atom stereocenters. The van der Waals surface area contributed by atoms with E-state index < -0.39 is 21.2 Å². The second kappa shape index (κ2) is 15.2. The van der Waals surface area contributed by atoms with Crippen molar-refractivity contribution in [3.05, 3.63) is 46.4 Å². The van der Waals surface area contributed by atoms with Crippen molar-refractivity contribution in [1.29, 1.82) is 0 Å². The van der Waals surface area contributed by atoms with Gasteiger partial charge in [0.2, 0.25) is 5.88 Å². The second-order valence-corrected chi connectivity index (χ2v) is 24.4. The number of nitrogens with zero attached hydrogens (tertiary/aromatic N) is 2. The van der Waals surface area contributed by atoms with E-state index in [1.807, 2.05) is 13.0 Å². The van der Waals surface area contributed by atoms with Gasteiger partial charge in [-0.2, -0.15) is 4.37 Å². The SMILES string of the molecule is C=C(C)[C@@H]1CC[C@]2(NCCN3CCS(=O)(=O)CC3)CC[C@@]3(C)C4CC[C@H]5C(C)(C)C(C6=CCC(CCOc7cc(C)sn7)(C(=O)O)CC6)=CC[C@]5(C)[C@H]4CC[C@@H]3[C@@H]12. The Morgan fingerprint density at radius 2 is 1.70 bits per heavy atom. The predicted octanol–water partition coefficient (Wildman–Crippen LogP) is 9.28. The number of nitrogens with one attached hydrogen (secondary N) is 1. The van der Waals surface area contributed by atoms with Crippen LogP contribution in [0.4, 0.5) is 0 Å². The summed E-state index contributed by atoms with van der Waals surface area (Å²) in [5.41, 5.74) is 4.25. The first-order chi connectivity index (χ1) is 26.9. The minimum Gasteiger partial charge on any atom is -0.481 e. The van der Waals surface area contributed by atoms with Gasteiger partial charge in [-0.25, -0.2) is 8.42 Å². The van der Waals surface area contributed by atoms with E-state index >= 15 is 0 Å². The summed E-state index contributed by atoms with van der Waals surface area (Å²) < 4.78 is 34.3. The molecule has 4 saturated carbocycles. The average molecular weight is 822 g/mol. The van der Waals surface area contributed by atoms with E-state index in [1.165, 1.54) is 79.6 Å². The molecule has 1 aromatic heterocycles. The lowest BCUT2D eigenvalue weighted by Gasteiger charge is -2.68. The van der Waals surface area contributed by atoms with Crippen LogP contribution < -0.4 is 10.1 Å². The number of hydrogen-bond donors (Lipinski definition) is 2. The quantitative estimate of drug-likeness (QED) is 0.213. The van der Waals surface area contributed by atoms with Gasteiger partial charge in [-0.1, -0.05) is 52.0 Å². The van der Waals surface area contributed by atoms with E-state index in [4.69, 9.17) is 4.74 Å². The Morgan fingerprint density at radius 3 is 2.37 bits per heavy atom. The number of sulfone groups is 1. The number of aromatic nitrogens is 1. The molecule has 6 aliphatic carbocycles. The van der Waals surface area contributed by atoms with Crippen LogP contribution in [0, 0.1) is 64.1 Å². The van der Waals surface area contributed by atoms with Gasteiger partial charge in [0, 0.05) is 42.7 Å². The number of carbonyl (C=O) groups is 1. The van der Waals surface area contributed by atoms with E-state index in [-0.39, 0.29) is 16.4 Å². The lowest BCUT2D eigenvalue weighted by atomic mass is 9.37. The van der Waals surface area contributed by atoms with Crippen molar-refractivity contribution in [3.63, 3.8) is 0 Å². The lowest BCUT2D eigenvalue weighted by molar-refractivity contribution is -0.170. The fourth-order valence-corrected chi connectivity index (χ4v) is 16.7. The Kier molecular flexibility index (Phi) is 11.1. The van der Waals surface area contributed by atoms with Crippen molar-refractivity contribution >= 4 is 27.3 Å². The molecule has 7 aliphatic rings. The van der Waals surface area contributed by atoms with E-state index in [1.54, 1.807) is 0 Å². The van der Waals surface area contributed by atoms with Crippen molar-refractivity contribution in [1.82, 2.24) is 14.6 Å². The normalized spacial score (nSPS) is 41.1. The van der Waals surface area contributed by atoms with Gasteiger partial charge in [0.05, 0.1) is 23.5 Å². The molecule has 8 nitrogen and oxygen atoms in total. The van der Waals surface area contributed by atoms with Crippen LogP contribution >= 0.6 is 11.5 Å². The maximum atomic E-state index is 12.7. The third kappa shape index (κ3) is 7.24. The number of hydrogen-bond acceptors (Lipinski definition) is 8. The lowest BCUT2D eigenvalue weighted by Crippen LogP contribution is -2.65. The number of fused-ring (bicyclic) bond motifs is 7. The smallest absolute Gasteiger partial charge is 0.310 e. The third-order valence-electron chi connectivity index (χ3n) is 18.0. The van der Waals surface area contributed by atoms with Crippen molar-refractivity contribution in [2.45, 2.75) is 131 Å². The molecule has 1 aromatic rings. The zero-order chi connectivity index (χ0) is 40.6. The van der Waals surface area contributed by atoms with Gasteiger partial charge in [-0.3, -0.25) is 4.79 Å². The molecule has 0 amide bonds. The molecule has 2 unspecified atom stereocenters. The minimum atomic E-state index is -2.87. The van der Waals surface area contributed by atoms with Crippen molar-refractivity contribution in [2.24, 2.45) is 57.2 Å². The fourth-order valence-electron chi connectivity index (χ4n) is 14.9. The van der Waals surface area contributed by atoms with Crippen molar-refractivity contribution in [2.75, 3.05) is 44.3 Å². The summed E-state index contributed by atoms with van der Waals surface area (Å²) in [6.45, 7) is 22.9.